The summed E-state index contributed by atoms with van der Waals surface area (Å²) in [5.41, 5.74) is 1.20. The van der Waals surface area contributed by atoms with Gasteiger partial charge in [0.2, 0.25) is 6.79 Å². The number of fused-ring (bicyclic) bond motifs is 1. The summed E-state index contributed by atoms with van der Waals surface area (Å²) < 4.78 is 29.6. The maximum Gasteiger partial charge on any atom is 0.313 e. The van der Waals surface area contributed by atoms with Crippen LogP contribution in [0.3, 0.4) is 0 Å². The third kappa shape index (κ3) is 4.69. The molecule has 0 spiro atoms. The monoisotopic (exact) mass is 416 g/mol. The molecule has 0 unspecified atom stereocenters. The van der Waals surface area contributed by atoms with E-state index in [4.69, 9.17) is 14.2 Å². The summed E-state index contributed by atoms with van der Waals surface area (Å²) in [6.07, 6.45) is 0. The van der Waals surface area contributed by atoms with E-state index in [-0.39, 0.29) is 25.1 Å². The summed E-state index contributed by atoms with van der Waals surface area (Å²) in [4.78, 5) is 25.8. The van der Waals surface area contributed by atoms with Crippen LogP contribution in [0.15, 0.2) is 42.5 Å². The largest absolute Gasteiger partial charge is 0.454 e. The SMILES string of the molecule is O=C(NC[C@H](c1ccc2c(c1)OCO2)[NH+]1CCOCC1)C(=O)Nc1cccc(F)c1. The van der Waals surface area contributed by atoms with Crippen molar-refractivity contribution >= 4 is 17.5 Å². The minimum atomic E-state index is -0.845. The Kier molecular flexibility index (Phi) is 6.10. The zero-order valence-corrected chi connectivity index (χ0v) is 16.3. The maximum atomic E-state index is 13.3. The fraction of sp³-hybridized carbons (Fsp3) is 0.333. The normalized spacial score (nSPS) is 16.7. The molecule has 1 saturated heterocycles. The topological polar surface area (TPSA) is 90.3 Å². The Labute approximate surface area is 172 Å². The van der Waals surface area contributed by atoms with Gasteiger partial charge in [0.1, 0.15) is 24.9 Å². The average Bonchev–Trinajstić information content (AvgIpc) is 3.22. The van der Waals surface area contributed by atoms with Crippen molar-refractivity contribution in [2.24, 2.45) is 0 Å². The number of hydrogen-bond acceptors (Lipinski definition) is 5. The molecule has 2 aliphatic heterocycles. The number of quaternary nitrogens is 1. The van der Waals surface area contributed by atoms with Crippen LogP contribution in [0, 0.1) is 5.82 Å². The van der Waals surface area contributed by atoms with Crippen LogP contribution in [-0.4, -0.2) is 51.5 Å². The molecule has 0 aliphatic carbocycles. The Morgan fingerprint density at radius 2 is 1.83 bits per heavy atom. The van der Waals surface area contributed by atoms with Gasteiger partial charge in [-0.15, -0.1) is 0 Å². The van der Waals surface area contributed by atoms with Gasteiger partial charge in [0.25, 0.3) is 0 Å². The van der Waals surface area contributed by atoms with Crippen molar-refractivity contribution in [1.82, 2.24) is 5.32 Å². The van der Waals surface area contributed by atoms with E-state index in [1.54, 1.807) is 0 Å². The first-order valence-electron chi connectivity index (χ1n) is 9.77. The summed E-state index contributed by atoms with van der Waals surface area (Å²) >= 11 is 0. The smallest absolute Gasteiger partial charge is 0.313 e. The van der Waals surface area contributed by atoms with Gasteiger partial charge in [-0.2, -0.15) is 0 Å². The molecule has 2 aromatic rings. The summed E-state index contributed by atoms with van der Waals surface area (Å²) in [6.45, 7) is 3.26. The Morgan fingerprint density at radius 3 is 2.63 bits per heavy atom. The van der Waals surface area contributed by atoms with Crippen molar-refractivity contribution in [3.8, 4) is 11.5 Å². The van der Waals surface area contributed by atoms with E-state index in [9.17, 15) is 14.0 Å². The van der Waals surface area contributed by atoms with Crippen LogP contribution < -0.4 is 25.0 Å². The highest BCUT2D eigenvalue weighted by atomic mass is 19.1. The third-order valence-electron chi connectivity index (χ3n) is 5.18. The number of halogens is 1. The molecule has 1 fully saturated rings. The number of ether oxygens (including phenoxy) is 3. The Bertz CT molecular complexity index is 933. The first-order chi connectivity index (χ1) is 14.6. The van der Waals surface area contributed by atoms with Crippen molar-refractivity contribution in [1.29, 1.82) is 0 Å². The van der Waals surface area contributed by atoms with Gasteiger partial charge in [-0.1, -0.05) is 6.07 Å². The van der Waals surface area contributed by atoms with Gasteiger partial charge in [-0.05, 0) is 36.4 Å². The highest BCUT2D eigenvalue weighted by Gasteiger charge is 2.29. The number of morpholine rings is 1. The van der Waals surface area contributed by atoms with Crippen LogP contribution >= 0.6 is 0 Å². The number of carbonyl (C=O) groups is 2. The van der Waals surface area contributed by atoms with Gasteiger partial charge in [-0.3, -0.25) is 9.59 Å². The molecule has 3 N–H and O–H groups in total. The van der Waals surface area contributed by atoms with E-state index >= 15 is 0 Å². The lowest BCUT2D eigenvalue weighted by molar-refractivity contribution is -0.937. The molecule has 30 heavy (non-hydrogen) atoms. The summed E-state index contributed by atoms with van der Waals surface area (Å²) in [5, 5.41) is 5.11. The highest BCUT2D eigenvalue weighted by Crippen LogP contribution is 2.33. The van der Waals surface area contributed by atoms with Crippen LogP contribution in [-0.2, 0) is 14.3 Å². The van der Waals surface area contributed by atoms with Crippen LogP contribution in [0.2, 0.25) is 0 Å². The Morgan fingerprint density at radius 1 is 1.03 bits per heavy atom. The molecule has 0 radical (unpaired) electrons. The van der Waals surface area contributed by atoms with Crippen LogP contribution in [0.4, 0.5) is 10.1 Å². The minimum Gasteiger partial charge on any atom is -0.454 e. The number of amides is 2. The van der Waals surface area contributed by atoms with Crippen LogP contribution in [0.25, 0.3) is 0 Å². The number of hydrogen-bond donors (Lipinski definition) is 3. The van der Waals surface area contributed by atoms with Crippen molar-refractivity contribution < 1.29 is 33.1 Å². The van der Waals surface area contributed by atoms with Crippen molar-refractivity contribution in [3.63, 3.8) is 0 Å². The summed E-state index contributed by atoms with van der Waals surface area (Å²) in [5.74, 6) is -0.764. The van der Waals surface area contributed by atoms with Gasteiger partial charge in [-0.25, -0.2) is 4.39 Å². The number of carbonyl (C=O) groups excluding carboxylic acids is 2. The lowest BCUT2D eigenvalue weighted by Crippen LogP contribution is -3.15. The van der Waals surface area contributed by atoms with Crippen molar-refractivity contribution in [3.05, 3.63) is 53.8 Å². The van der Waals surface area contributed by atoms with E-state index in [0.717, 1.165) is 24.7 Å². The lowest BCUT2D eigenvalue weighted by Gasteiger charge is -2.32. The second kappa shape index (κ2) is 9.10. The van der Waals surface area contributed by atoms with Crippen molar-refractivity contribution in [2.75, 3.05) is 45.0 Å². The van der Waals surface area contributed by atoms with Gasteiger partial charge in [0.15, 0.2) is 11.5 Å². The van der Waals surface area contributed by atoms with Gasteiger partial charge in [0.05, 0.1) is 19.8 Å². The van der Waals surface area contributed by atoms with Gasteiger partial charge >= 0.3 is 11.8 Å². The third-order valence-corrected chi connectivity index (χ3v) is 5.18. The standard InChI is InChI=1S/C21H22FN3O5/c22-15-2-1-3-16(11-15)24-21(27)20(26)23-12-17(25-6-8-28-9-7-25)14-4-5-18-19(10-14)30-13-29-18/h1-5,10-11,17H,6-9,12-13H2,(H,23,26)(H,24,27)/p+1/t17-/m1/s1. The fourth-order valence-corrected chi connectivity index (χ4v) is 3.64. The first kappa shape index (κ1) is 20.1. The molecule has 2 heterocycles. The summed E-state index contributed by atoms with van der Waals surface area (Å²) in [7, 11) is 0. The number of nitrogens with one attached hydrogen (secondary N) is 3. The molecular formula is C21H23FN3O5+. The number of benzene rings is 2. The molecule has 158 valence electrons. The molecular weight excluding hydrogens is 393 g/mol. The molecule has 2 aliphatic rings. The zero-order chi connectivity index (χ0) is 20.9. The maximum absolute atomic E-state index is 13.3. The van der Waals surface area contributed by atoms with E-state index in [2.05, 4.69) is 10.6 Å². The van der Waals surface area contributed by atoms with Crippen molar-refractivity contribution in [2.45, 2.75) is 6.04 Å². The Balaban J connectivity index is 1.43. The minimum absolute atomic E-state index is 0.0886. The average molecular weight is 416 g/mol. The predicted octanol–water partition coefficient (Wildman–Crippen LogP) is 0.266. The first-order valence-corrected chi connectivity index (χ1v) is 9.77. The molecule has 2 amide bonds. The zero-order valence-electron chi connectivity index (χ0n) is 16.3. The number of anilines is 1. The lowest BCUT2D eigenvalue weighted by atomic mass is 10.0. The fourth-order valence-electron chi connectivity index (χ4n) is 3.64. The predicted molar refractivity (Wildman–Crippen MR) is 105 cm³/mol. The molecule has 8 nitrogen and oxygen atoms in total. The molecule has 1 atom stereocenters. The molecule has 0 saturated carbocycles. The quantitative estimate of drug-likeness (QED) is 0.609. The van der Waals surface area contributed by atoms with E-state index in [1.807, 2.05) is 18.2 Å². The summed E-state index contributed by atoms with van der Waals surface area (Å²) in [6, 6.07) is 11.0. The molecule has 0 aromatic heterocycles. The van der Waals surface area contributed by atoms with E-state index in [0.29, 0.717) is 24.7 Å². The number of rotatable bonds is 5. The van der Waals surface area contributed by atoms with Gasteiger partial charge < -0.3 is 29.7 Å². The van der Waals surface area contributed by atoms with E-state index < -0.39 is 17.6 Å². The Hall–Kier alpha value is -3.17. The molecule has 0 bridgehead atoms. The second-order valence-electron chi connectivity index (χ2n) is 7.11. The highest BCUT2D eigenvalue weighted by molar-refractivity contribution is 6.39. The van der Waals surface area contributed by atoms with Gasteiger partial charge in [0, 0.05) is 11.3 Å². The molecule has 9 heteroatoms. The molecule has 2 aromatic carbocycles. The second-order valence-corrected chi connectivity index (χ2v) is 7.11. The van der Waals surface area contributed by atoms with Crippen LogP contribution in [0.1, 0.15) is 11.6 Å². The van der Waals surface area contributed by atoms with Crippen LogP contribution in [0.5, 0.6) is 11.5 Å². The van der Waals surface area contributed by atoms with E-state index in [1.165, 1.54) is 23.1 Å². The molecule has 4 rings (SSSR count).